The van der Waals surface area contributed by atoms with Crippen LogP contribution in [0.4, 0.5) is 32.2 Å². The molecule has 13 heteroatoms. The minimum Gasteiger partial charge on any atom is -0.357 e. The second-order valence-corrected chi connectivity index (χ2v) is 9.85. The number of nitrogens with zero attached hydrogens (tertiary/aromatic N) is 7. The highest BCUT2D eigenvalue weighted by molar-refractivity contribution is 5.81. The summed E-state index contributed by atoms with van der Waals surface area (Å²) >= 11 is 0. The van der Waals surface area contributed by atoms with E-state index in [0.717, 1.165) is 53.8 Å². The normalized spacial score (nSPS) is 12.4. The molecule has 2 aromatic carbocycles. The summed E-state index contributed by atoms with van der Waals surface area (Å²) in [6.07, 6.45) is -7.98. The Morgan fingerprint density at radius 3 is 2.12 bits per heavy atom. The first-order valence-corrected chi connectivity index (χ1v) is 13.2. The molecule has 0 spiro atoms. The molecule has 0 aliphatic rings. The van der Waals surface area contributed by atoms with E-state index < -0.39 is 23.5 Å². The van der Waals surface area contributed by atoms with Gasteiger partial charge in [-0.25, -0.2) is 4.98 Å². The number of aromatic nitrogens is 5. The zero-order valence-corrected chi connectivity index (χ0v) is 23.0. The first kappa shape index (κ1) is 30.2. The molecule has 41 heavy (non-hydrogen) atoms. The van der Waals surface area contributed by atoms with Gasteiger partial charge in [-0.05, 0) is 54.5 Å². The van der Waals surface area contributed by atoms with E-state index in [2.05, 4.69) is 27.2 Å². The average molecular weight is 580 g/mol. The molecule has 0 saturated carbocycles. The highest BCUT2D eigenvalue weighted by Gasteiger charge is 2.37. The lowest BCUT2D eigenvalue weighted by atomic mass is 10.0. The second kappa shape index (κ2) is 12.4. The molecule has 4 rings (SSSR count). The van der Waals surface area contributed by atoms with Crippen LogP contribution in [-0.2, 0) is 39.0 Å². The number of hydrogen-bond acceptors (Lipinski definition) is 6. The van der Waals surface area contributed by atoms with Gasteiger partial charge in [0.1, 0.15) is 5.82 Å². The summed E-state index contributed by atoms with van der Waals surface area (Å²) in [5.41, 5.74) is -1.27. The van der Waals surface area contributed by atoms with Crippen LogP contribution in [0.15, 0.2) is 48.5 Å². The third kappa shape index (κ3) is 7.72. The molecule has 0 aliphatic heterocycles. The molecule has 0 saturated heterocycles. The zero-order valence-electron chi connectivity index (χ0n) is 23.0. The lowest BCUT2D eigenvalue weighted by Gasteiger charge is -2.28. The molecule has 0 radical (unpaired) electrons. The zero-order chi connectivity index (χ0) is 29.8. The van der Waals surface area contributed by atoms with Crippen LogP contribution in [0.3, 0.4) is 0 Å². The highest BCUT2D eigenvalue weighted by atomic mass is 19.4. The molecule has 0 fully saturated rings. The molecule has 0 N–H and O–H groups in total. The van der Waals surface area contributed by atoms with Crippen LogP contribution in [-0.4, -0.2) is 43.2 Å². The number of fused-ring (bicyclic) bond motifs is 1. The quantitative estimate of drug-likeness (QED) is 0.186. The van der Waals surface area contributed by atoms with Crippen LogP contribution >= 0.6 is 0 Å². The van der Waals surface area contributed by atoms with Gasteiger partial charge in [0.25, 0.3) is 0 Å². The van der Waals surface area contributed by atoms with Gasteiger partial charge in [0.15, 0.2) is 5.82 Å². The molecule has 4 aromatic rings. The number of hydrogen-bond donors (Lipinski definition) is 0. The Labute approximate surface area is 233 Å². The number of rotatable bonds is 11. The Balaban J connectivity index is 1.78. The van der Waals surface area contributed by atoms with E-state index in [-0.39, 0.29) is 37.1 Å². The molecule has 2 aromatic heterocycles. The Bertz CT molecular complexity index is 1430. The van der Waals surface area contributed by atoms with Crippen molar-refractivity contribution in [2.75, 3.05) is 18.0 Å². The lowest BCUT2D eigenvalue weighted by Crippen LogP contribution is -2.29. The van der Waals surface area contributed by atoms with Gasteiger partial charge in [0.05, 0.1) is 30.2 Å². The number of halogens is 6. The smallest absolute Gasteiger partial charge is 0.357 e. The second-order valence-electron chi connectivity index (χ2n) is 9.85. The number of para-hydroxylation sites is 1. The predicted octanol–water partition coefficient (Wildman–Crippen LogP) is 6.62. The number of anilines is 1. The van der Waals surface area contributed by atoms with Gasteiger partial charge < -0.3 is 4.90 Å². The number of aryl methyl sites for hydroxylation is 1. The topological polar surface area (TPSA) is 63.0 Å². The monoisotopic (exact) mass is 579 g/mol. The van der Waals surface area contributed by atoms with Gasteiger partial charge in [-0.3, -0.25) is 4.90 Å². The standard InChI is InChI=1S/C28H31F6N7/c1-4-6-11-41(5-2)26-21(14-20-9-7-8-10-24(20)35-26)17-40(18-25-36-38-39(3)37-25)16-19-12-22(27(29,30)31)15-23(13-19)28(32,33)34/h7-10,12-15H,4-6,11,16-18H2,1-3H3. The third-order valence-electron chi connectivity index (χ3n) is 6.61. The first-order valence-electron chi connectivity index (χ1n) is 13.2. The largest absolute Gasteiger partial charge is 0.416 e. The van der Waals surface area contributed by atoms with Crippen LogP contribution in [0, 0.1) is 0 Å². The van der Waals surface area contributed by atoms with E-state index in [1.54, 1.807) is 11.9 Å². The van der Waals surface area contributed by atoms with Crippen LogP contribution in [0.1, 0.15) is 54.8 Å². The summed E-state index contributed by atoms with van der Waals surface area (Å²) in [6.45, 7) is 5.51. The Morgan fingerprint density at radius 1 is 0.854 bits per heavy atom. The summed E-state index contributed by atoms with van der Waals surface area (Å²) in [6, 6.07) is 11.2. The molecule has 0 aliphatic carbocycles. The Hall–Kier alpha value is -3.74. The summed E-state index contributed by atoms with van der Waals surface area (Å²) in [4.78, 5) is 10.00. The fourth-order valence-corrected chi connectivity index (χ4v) is 4.67. The van der Waals surface area contributed by atoms with E-state index in [1.807, 2.05) is 37.3 Å². The van der Waals surface area contributed by atoms with E-state index in [4.69, 9.17) is 4.98 Å². The maximum absolute atomic E-state index is 13.6. The molecule has 0 atom stereocenters. The fourth-order valence-electron chi connectivity index (χ4n) is 4.67. The number of unbranched alkanes of at least 4 members (excludes halogenated alkanes) is 1. The van der Waals surface area contributed by atoms with Crippen LogP contribution in [0.2, 0.25) is 0 Å². The summed E-state index contributed by atoms with van der Waals surface area (Å²) in [7, 11) is 1.57. The van der Waals surface area contributed by atoms with Crippen molar-refractivity contribution in [2.24, 2.45) is 7.05 Å². The van der Waals surface area contributed by atoms with E-state index >= 15 is 0 Å². The van der Waals surface area contributed by atoms with Gasteiger partial charge >= 0.3 is 12.4 Å². The molecule has 0 bridgehead atoms. The molecule has 7 nitrogen and oxygen atoms in total. The lowest BCUT2D eigenvalue weighted by molar-refractivity contribution is -0.143. The van der Waals surface area contributed by atoms with Gasteiger partial charge in [0, 0.05) is 37.1 Å². The van der Waals surface area contributed by atoms with Crippen LogP contribution < -0.4 is 4.90 Å². The van der Waals surface area contributed by atoms with Crippen molar-refractivity contribution in [3.63, 3.8) is 0 Å². The minimum absolute atomic E-state index is 0.0405. The van der Waals surface area contributed by atoms with Gasteiger partial charge in [-0.15, -0.1) is 10.2 Å². The third-order valence-corrected chi connectivity index (χ3v) is 6.61. The van der Waals surface area contributed by atoms with Gasteiger partial charge in [-0.2, -0.15) is 31.1 Å². The highest BCUT2D eigenvalue weighted by Crippen LogP contribution is 2.37. The van der Waals surface area contributed by atoms with Crippen molar-refractivity contribution >= 4 is 16.7 Å². The van der Waals surface area contributed by atoms with Crippen molar-refractivity contribution in [3.05, 3.63) is 76.6 Å². The van der Waals surface area contributed by atoms with Gasteiger partial charge in [0.2, 0.25) is 0 Å². The van der Waals surface area contributed by atoms with Crippen molar-refractivity contribution in [1.82, 2.24) is 30.1 Å². The van der Waals surface area contributed by atoms with Gasteiger partial charge in [-0.1, -0.05) is 31.5 Å². The van der Waals surface area contributed by atoms with Crippen molar-refractivity contribution in [2.45, 2.75) is 58.7 Å². The summed E-state index contributed by atoms with van der Waals surface area (Å²) in [5, 5.41) is 12.9. The fraction of sp³-hybridized carbons (Fsp3) is 0.429. The number of benzene rings is 2. The molecule has 0 unspecified atom stereocenters. The Kier molecular flexibility index (Phi) is 9.15. The van der Waals surface area contributed by atoms with Crippen molar-refractivity contribution < 1.29 is 26.3 Å². The molecule has 220 valence electrons. The summed E-state index contributed by atoms with van der Waals surface area (Å²) in [5.74, 6) is 1.00. The van der Waals surface area contributed by atoms with Crippen LogP contribution in [0.5, 0.6) is 0 Å². The van der Waals surface area contributed by atoms with E-state index in [0.29, 0.717) is 6.54 Å². The van der Waals surface area contributed by atoms with E-state index in [1.165, 1.54) is 4.80 Å². The average Bonchev–Trinajstić information content (AvgIpc) is 3.32. The number of alkyl halides is 6. The molecular weight excluding hydrogens is 548 g/mol. The Morgan fingerprint density at radius 2 is 1.54 bits per heavy atom. The maximum atomic E-state index is 13.6. The minimum atomic E-state index is -4.94. The predicted molar refractivity (Wildman–Crippen MR) is 143 cm³/mol. The van der Waals surface area contributed by atoms with Crippen molar-refractivity contribution in [1.29, 1.82) is 0 Å². The maximum Gasteiger partial charge on any atom is 0.416 e. The van der Waals surface area contributed by atoms with E-state index in [9.17, 15) is 26.3 Å². The van der Waals surface area contributed by atoms with Crippen molar-refractivity contribution in [3.8, 4) is 0 Å². The number of pyridine rings is 1. The molecular formula is C28H31F6N7. The number of tetrazole rings is 1. The first-order chi connectivity index (χ1) is 19.4. The SMILES string of the molecule is CCCCN(CC)c1nc2ccccc2cc1CN(Cc1cc(C(F)(F)F)cc(C(F)(F)F)c1)Cc1nnn(C)n1. The molecule has 2 heterocycles. The van der Waals surface area contributed by atoms with Crippen LogP contribution in [0.25, 0.3) is 10.9 Å². The molecule has 0 amide bonds. The summed E-state index contributed by atoms with van der Waals surface area (Å²) < 4.78 is 81.5.